The zero-order valence-electron chi connectivity index (χ0n) is 24.1. The Hall–Kier alpha value is -3.41. The van der Waals surface area contributed by atoms with Gasteiger partial charge in [0.1, 0.15) is 11.5 Å². The third-order valence-corrected chi connectivity index (χ3v) is 10.1. The molecule has 0 radical (unpaired) electrons. The molecule has 2 aliphatic carbocycles. The van der Waals surface area contributed by atoms with Gasteiger partial charge in [-0.1, -0.05) is 30.7 Å². The van der Waals surface area contributed by atoms with Gasteiger partial charge in [0.05, 0.1) is 42.8 Å². The molecule has 7 rings (SSSR count). The molecular formula is C31H36ClN5O6. The molecule has 4 fully saturated rings. The van der Waals surface area contributed by atoms with Gasteiger partial charge in [-0.3, -0.25) is 23.6 Å². The average molecular weight is 610 g/mol. The topological polar surface area (TPSA) is 130 Å². The van der Waals surface area contributed by atoms with Crippen molar-refractivity contribution in [2.45, 2.75) is 69.7 Å². The first-order valence-electron chi connectivity index (χ1n) is 15.0. The highest BCUT2D eigenvalue weighted by molar-refractivity contribution is 6.31. The number of hydrogen-bond donors (Lipinski definition) is 2. The van der Waals surface area contributed by atoms with Gasteiger partial charge in [-0.05, 0) is 68.2 Å². The minimum atomic E-state index is -1.12. The number of nitrogens with zero attached hydrogens (tertiary/aromatic N) is 5. The summed E-state index contributed by atoms with van der Waals surface area (Å²) in [6, 6.07) is 8.56. The van der Waals surface area contributed by atoms with Gasteiger partial charge in [0.2, 0.25) is 5.91 Å². The lowest BCUT2D eigenvalue weighted by Gasteiger charge is -2.39. The number of likely N-dealkylation sites (tertiary alicyclic amines) is 1. The molecule has 3 aromatic rings. The maximum absolute atomic E-state index is 13.5. The van der Waals surface area contributed by atoms with Crippen LogP contribution in [-0.4, -0.2) is 84.1 Å². The van der Waals surface area contributed by atoms with E-state index in [9.17, 15) is 24.6 Å². The fraction of sp³-hybridized carbons (Fsp3) is 0.548. The monoisotopic (exact) mass is 609 g/mol. The number of morpholine rings is 1. The molecule has 2 atom stereocenters. The molecular weight excluding hydrogens is 574 g/mol. The van der Waals surface area contributed by atoms with E-state index in [1.165, 1.54) is 15.8 Å². The lowest BCUT2D eigenvalue weighted by molar-refractivity contribution is -0.141. The Balaban J connectivity index is 1.09. The average Bonchev–Trinajstić information content (AvgIpc) is 3.93. The van der Waals surface area contributed by atoms with Gasteiger partial charge in [0.25, 0.3) is 5.56 Å². The van der Waals surface area contributed by atoms with Crippen molar-refractivity contribution in [2.24, 2.45) is 11.3 Å². The molecule has 2 saturated carbocycles. The molecule has 2 aromatic heterocycles. The van der Waals surface area contributed by atoms with E-state index in [0.717, 1.165) is 31.2 Å². The summed E-state index contributed by atoms with van der Waals surface area (Å²) in [5.74, 6) is 0.612. The van der Waals surface area contributed by atoms with E-state index in [0.29, 0.717) is 66.9 Å². The van der Waals surface area contributed by atoms with Crippen molar-refractivity contribution >= 4 is 34.6 Å². The molecule has 11 nitrogen and oxygen atoms in total. The third-order valence-electron chi connectivity index (χ3n) is 9.85. The number of halogens is 1. The number of amides is 2. The van der Waals surface area contributed by atoms with Crippen LogP contribution in [0.4, 0.5) is 4.79 Å². The number of hydrogen-bond acceptors (Lipinski definition) is 6. The standard InChI is InChI=1S/C31H36ClN5O6/c1-30(8-9-30)28(39)34-12-10-31(42,11-13-34)17-35-18-33-26-22(27(35)38)14-25(32)37(26)21-6-4-19(5-7-21)23-16-43-24(20-2-3-20)15-36(23)29(40)41/h4-7,14,18,20,23-24,42H,2-3,8-13,15-17H2,1H3,(H,40,41)/t23-,24+/m0/s1. The zero-order valence-corrected chi connectivity index (χ0v) is 24.9. The Kier molecular flexibility index (Phi) is 6.83. The van der Waals surface area contributed by atoms with E-state index in [2.05, 4.69) is 4.98 Å². The summed E-state index contributed by atoms with van der Waals surface area (Å²) in [7, 11) is 0. The van der Waals surface area contributed by atoms with Crippen LogP contribution in [0.15, 0.2) is 41.5 Å². The number of carbonyl (C=O) groups is 2. The Labute approximate surface area is 253 Å². The molecule has 1 aromatic carbocycles. The summed E-state index contributed by atoms with van der Waals surface area (Å²) in [5, 5.41) is 21.8. The molecule has 12 heteroatoms. The molecule has 0 spiro atoms. The van der Waals surface area contributed by atoms with Crippen molar-refractivity contribution in [3.63, 3.8) is 0 Å². The first kappa shape index (κ1) is 28.4. The predicted molar refractivity (Wildman–Crippen MR) is 158 cm³/mol. The zero-order chi connectivity index (χ0) is 30.1. The van der Waals surface area contributed by atoms with Crippen LogP contribution in [-0.2, 0) is 16.1 Å². The Morgan fingerprint density at radius 2 is 1.81 bits per heavy atom. The molecule has 0 unspecified atom stereocenters. The first-order chi connectivity index (χ1) is 20.6. The molecule has 0 bridgehead atoms. The molecule has 228 valence electrons. The van der Waals surface area contributed by atoms with Crippen LogP contribution >= 0.6 is 11.6 Å². The van der Waals surface area contributed by atoms with Crippen molar-refractivity contribution in [1.29, 1.82) is 0 Å². The maximum Gasteiger partial charge on any atom is 0.407 e. The molecule has 4 aliphatic rings. The van der Waals surface area contributed by atoms with Crippen LogP contribution in [0.3, 0.4) is 0 Å². The number of fused-ring (bicyclic) bond motifs is 1. The summed E-state index contributed by atoms with van der Waals surface area (Å²) in [6.07, 6.45) is 5.22. The lowest BCUT2D eigenvalue weighted by atomic mass is 9.90. The van der Waals surface area contributed by atoms with Gasteiger partial charge in [0.15, 0.2) is 5.65 Å². The summed E-state index contributed by atoms with van der Waals surface area (Å²) >= 11 is 6.62. The second-order valence-electron chi connectivity index (χ2n) is 13.0. The van der Waals surface area contributed by atoms with Crippen LogP contribution in [0, 0.1) is 11.3 Å². The highest BCUT2D eigenvalue weighted by Crippen LogP contribution is 2.47. The molecule has 2 N–H and O–H groups in total. The van der Waals surface area contributed by atoms with Crippen molar-refractivity contribution in [3.8, 4) is 5.69 Å². The normalized spacial score (nSPS) is 24.7. The third kappa shape index (κ3) is 5.21. The lowest BCUT2D eigenvalue weighted by Crippen LogP contribution is -2.51. The van der Waals surface area contributed by atoms with Crippen LogP contribution in [0.1, 0.15) is 57.1 Å². The fourth-order valence-corrected chi connectivity index (χ4v) is 6.88. The number of carboxylic acid groups (broad SMARTS) is 1. The highest BCUT2D eigenvalue weighted by atomic mass is 35.5. The minimum Gasteiger partial charge on any atom is -0.465 e. The van der Waals surface area contributed by atoms with Gasteiger partial charge < -0.3 is 19.8 Å². The SMILES string of the molecule is CC1(C(=O)N2CCC(O)(Cn3cnc4c(cc(Cl)n4-c4ccc([C@@H]5CO[C@@H](C6CC6)CN5C(=O)O)cc4)c3=O)CC2)CC1. The summed E-state index contributed by atoms with van der Waals surface area (Å²) in [5.41, 5.74) is 0.231. The largest absolute Gasteiger partial charge is 0.465 e. The van der Waals surface area contributed by atoms with Crippen molar-refractivity contribution in [3.05, 3.63) is 57.7 Å². The van der Waals surface area contributed by atoms with Gasteiger partial charge in [-0.25, -0.2) is 9.78 Å². The van der Waals surface area contributed by atoms with Crippen molar-refractivity contribution < 1.29 is 24.5 Å². The number of piperidine rings is 1. The fourth-order valence-electron chi connectivity index (χ4n) is 6.59. The van der Waals surface area contributed by atoms with Gasteiger partial charge >= 0.3 is 6.09 Å². The summed E-state index contributed by atoms with van der Waals surface area (Å²) in [4.78, 5) is 46.1. The number of aliphatic hydroxyl groups is 1. The Bertz CT molecular complexity index is 1630. The van der Waals surface area contributed by atoms with E-state index in [-0.39, 0.29) is 29.5 Å². The van der Waals surface area contributed by atoms with Gasteiger partial charge in [-0.15, -0.1) is 0 Å². The number of aromatic nitrogens is 3. The second kappa shape index (κ2) is 10.3. The molecule has 4 heterocycles. The van der Waals surface area contributed by atoms with E-state index in [1.54, 1.807) is 10.6 Å². The molecule has 2 amide bonds. The molecule has 2 saturated heterocycles. The summed E-state index contributed by atoms with van der Waals surface area (Å²) < 4.78 is 9.13. The minimum absolute atomic E-state index is 0.0413. The Morgan fingerprint density at radius 1 is 1.12 bits per heavy atom. The van der Waals surface area contributed by atoms with E-state index < -0.39 is 17.7 Å². The molecule has 2 aliphatic heterocycles. The predicted octanol–water partition coefficient (Wildman–Crippen LogP) is 3.82. The number of carbonyl (C=O) groups excluding carboxylic acids is 1. The van der Waals surface area contributed by atoms with Crippen molar-refractivity contribution in [1.82, 2.24) is 23.9 Å². The number of benzene rings is 1. The van der Waals surface area contributed by atoms with E-state index in [4.69, 9.17) is 16.3 Å². The van der Waals surface area contributed by atoms with Gasteiger partial charge in [-0.2, -0.15) is 0 Å². The van der Waals surface area contributed by atoms with E-state index >= 15 is 0 Å². The van der Waals surface area contributed by atoms with Crippen LogP contribution in [0.2, 0.25) is 5.15 Å². The first-order valence-corrected chi connectivity index (χ1v) is 15.4. The maximum atomic E-state index is 13.5. The van der Waals surface area contributed by atoms with Crippen molar-refractivity contribution in [2.75, 3.05) is 26.2 Å². The quantitative estimate of drug-likeness (QED) is 0.434. The number of ether oxygens (including phenoxy) is 1. The second-order valence-corrected chi connectivity index (χ2v) is 13.4. The highest BCUT2D eigenvalue weighted by Gasteiger charge is 2.48. The van der Waals surface area contributed by atoms with Crippen LogP contribution in [0.5, 0.6) is 0 Å². The van der Waals surface area contributed by atoms with Crippen LogP contribution in [0.25, 0.3) is 16.7 Å². The number of rotatable bonds is 6. The van der Waals surface area contributed by atoms with Crippen LogP contribution < -0.4 is 5.56 Å². The summed E-state index contributed by atoms with van der Waals surface area (Å²) in [6.45, 7) is 3.67. The van der Waals surface area contributed by atoms with E-state index in [1.807, 2.05) is 36.1 Å². The Morgan fingerprint density at radius 3 is 2.44 bits per heavy atom. The van der Waals surface area contributed by atoms with Gasteiger partial charge in [0, 0.05) is 24.2 Å². The smallest absolute Gasteiger partial charge is 0.407 e. The molecule has 43 heavy (non-hydrogen) atoms.